The second-order valence-electron chi connectivity index (χ2n) is 6.77. The molecule has 138 valence electrons. The number of ketones is 1. The first-order valence-electron chi connectivity index (χ1n) is 8.95. The van der Waals surface area contributed by atoms with E-state index in [4.69, 9.17) is 14.2 Å². The van der Waals surface area contributed by atoms with Crippen molar-refractivity contribution in [2.45, 2.75) is 78.6 Å². The standard InChI is InChI=1S/C19H32O5/c1-14(10-11-18(16(3)20)24-17(4)21)7-5-8-15(2)13-23-19-9-6-12-22-19/h10,15,18-19H,5-9,11-13H2,1-4H3/b14-10+/t15-,18?,19?/m0/s1. The Labute approximate surface area is 145 Å². The number of hydrogen-bond donors (Lipinski definition) is 0. The molecule has 3 atom stereocenters. The summed E-state index contributed by atoms with van der Waals surface area (Å²) in [7, 11) is 0. The van der Waals surface area contributed by atoms with E-state index >= 15 is 0 Å². The van der Waals surface area contributed by atoms with Crippen molar-refractivity contribution < 1.29 is 23.8 Å². The van der Waals surface area contributed by atoms with Crippen LogP contribution in [0.1, 0.15) is 66.2 Å². The Morgan fingerprint density at radius 3 is 2.62 bits per heavy atom. The van der Waals surface area contributed by atoms with Crippen LogP contribution in [-0.4, -0.2) is 37.4 Å². The van der Waals surface area contributed by atoms with Gasteiger partial charge in [0.1, 0.15) is 0 Å². The van der Waals surface area contributed by atoms with Crippen LogP contribution in [-0.2, 0) is 23.8 Å². The minimum atomic E-state index is -0.656. The molecule has 1 rings (SSSR count). The molecule has 0 radical (unpaired) electrons. The molecule has 1 aliphatic rings. The number of rotatable bonds is 11. The Hall–Kier alpha value is -1.20. The van der Waals surface area contributed by atoms with Gasteiger partial charge in [-0.05, 0) is 45.4 Å². The lowest BCUT2D eigenvalue weighted by Crippen LogP contribution is -2.23. The molecular weight excluding hydrogens is 308 g/mol. The summed E-state index contributed by atoms with van der Waals surface area (Å²) in [5, 5.41) is 0. The van der Waals surface area contributed by atoms with Crippen molar-refractivity contribution in [3.8, 4) is 0 Å². The lowest BCUT2D eigenvalue weighted by molar-refractivity contribution is -0.152. The molecule has 5 nitrogen and oxygen atoms in total. The summed E-state index contributed by atoms with van der Waals surface area (Å²) in [5.41, 5.74) is 1.22. The molecule has 0 aromatic carbocycles. The van der Waals surface area contributed by atoms with Gasteiger partial charge in [-0.25, -0.2) is 0 Å². The minimum Gasteiger partial charge on any atom is -0.454 e. The van der Waals surface area contributed by atoms with Crippen LogP contribution in [0.3, 0.4) is 0 Å². The molecule has 1 aliphatic heterocycles. The molecule has 0 bridgehead atoms. The normalized spacial score (nSPS) is 20.7. The van der Waals surface area contributed by atoms with E-state index in [9.17, 15) is 9.59 Å². The maximum atomic E-state index is 11.4. The Balaban J connectivity index is 2.19. The Kier molecular flexibility index (Phi) is 9.88. The van der Waals surface area contributed by atoms with Gasteiger partial charge in [-0.15, -0.1) is 0 Å². The first-order valence-corrected chi connectivity index (χ1v) is 8.95. The van der Waals surface area contributed by atoms with E-state index in [0.29, 0.717) is 12.3 Å². The highest BCUT2D eigenvalue weighted by molar-refractivity contribution is 5.83. The summed E-state index contributed by atoms with van der Waals surface area (Å²) >= 11 is 0. The fourth-order valence-electron chi connectivity index (χ4n) is 2.67. The van der Waals surface area contributed by atoms with Crippen LogP contribution in [0.15, 0.2) is 11.6 Å². The Morgan fingerprint density at radius 1 is 1.29 bits per heavy atom. The highest BCUT2D eigenvalue weighted by Gasteiger charge is 2.17. The van der Waals surface area contributed by atoms with Crippen molar-refractivity contribution >= 4 is 11.8 Å². The molecule has 0 aromatic rings. The van der Waals surface area contributed by atoms with E-state index < -0.39 is 12.1 Å². The van der Waals surface area contributed by atoms with Crippen molar-refractivity contribution in [3.05, 3.63) is 11.6 Å². The van der Waals surface area contributed by atoms with E-state index in [1.807, 2.05) is 6.08 Å². The predicted octanol–water partition coefficient (Wildman–Crippen LogP) is 3.80. The predicted molar refractivity (Wildman–Crippen MR) is 92.6 cm³/mol. The van der Waals surface area contributed by atoms with Gasteiger partial charge < -0.3 is 14.2 Å². The van der Waals surface area contributed by atoms with Gasteiger partial charge in [0.25, 0.3) is 0 Å². The van der Waals surface area contributed by atoms with Crippen molar-refractivity contribution in [1.29, 1.82) is 0 Å². The highest BCUT2D eigenvalue weighted by Crippen LogP contribution is 2.18. The zero-order chi connectivity index (χ0) is 17.9. The Bertz CT molecular complexity index is 423. The molecular formula is C19H32O5. The molecule has 0 amide bonds. The molecule has 1 saturated heterocycles. The summed E-state index contributed by atoms with van der Waals surface area (Å²) in [4.78, 5) is 22.4. The van der Waals surface area contributed by atoms with Gasteiger partial charge in [0.2, 0.25) is 0 Å². The molecule has 24 heavy (non-hydrogen) atoms. The second-order valence-corrected chi connectivity index (χ2v) is 6.77. The molecule has 1 heterocycles. The molecule has 2 unspecified atom stereocenters. The lowest BCUT2D eigenvalue weighted by atomic mass is 10.0. The fraction of sp³-hybridized carbons (Fsp3) is 0.789. The van der Waals surface area contributed by atoms with Crippen molar-refractivity contribution in [2.24, 2.45) is 5.92 Å². The minimum absolute atomic E-state index is 0.00104. The monoisotopic (exact) mass is 340 g/mol. The SMILES string of the molecule is CC(=O)OC(C/C=C(\C)CCC[C@H](C)COC1CCCO1)C(C)=O. The van der Waals surface area contributed by atoms with E-state index in [-0.39, 0.29) is 12.1 Å². The van der Waals surface area contributed by atoms with Crippen molar-refractivity contribution in [3.63, 3.8) is 0 Å². The van der Waals surface area contributed by atoms with Gasteiger partial charge in [-0.1, -0.05) is 18.6 Å². The summed E-state index contributed by atoms with van der Waals surface area (Å²) in [6.07, 6.45) is 7.06. The number of esters is 1. The largest absolute Gasteiger partial charge is 0.454 e. The molecule has 0 aliphatic carbocycles. The lowest BCUT2D eigenvalue weighted by Gasteiger charge is -2.16. The number of carbonyl (C=O) groups is 2. The van der Waals surface area contributed by atoms with Crippen molar-refractivity contribution in [1.82, 2.24) is 0 Å². The van der Waals surface area contributed by atoms with Crippen LogP contribution in [0, 0.1) is 5.92 Å². The fourth-order valence-corrected chi connectivity index (χ4v) is 2.67. The number of hydrogen-bond acceptors (Lipinski definition) is 5. The highest BCUT2D eigenvalue weighted by atomic mass is 16.7. The van der Waals surface area contributed by atoms with E-state index in [0.717, 1.165) is 45.3 Å². The maximum absolute atomic E-state index is 11.4. The third kappa shape index (κ3) is 9.18. The van der Waals surface area contributed by atoms with E-state index in [1.165, 1.54) is 19.4 Å². The molecule has 5 heteroatoms. The summed E-state index contributed by atoms with van der Waals surface area (Å²) in [6.45, 7) is 8.59. The summed E-state index contributed by atoms with van der Waals surface area (Å²) in [5.74, 6) is -0.0245. The molecule has 0 N–H and O–H groups in total. The van der Waals surface area contributed by atoms with Crippen LogP contribution in [0.2, 0.25) is 0 Å². The zero-order valence-corrected chi connectivity index (χ0v) is 15.5. The first-order chi connectivity index (χ1) is 11.4. The van der Waals surface area contributed by atoms with Crippen LogP contribution in [0.5, 0.6) is 0 Å². The first kappa shape index (κ1) is 20.8. The molecule has 0 aromatic heterocycles. The third-order valence-electron chi connectivity index (χ3n) is 4.16. The zero-order valence-electron chi connectivity index (χ0n) is 15.5. The van der Waals surface area contributed by atoms with E-state index in [1.54, 1.807) is 0 Å². The summed E-state index contributed by atoms with van der Waals surface area (Å²) in [6, 6.07) is 0. The second kappa shape index (κ2) is 11.4. The van der Waals surface area contributed by atoms with Crippen LogP contribution in [0.25, 0.3) is 0 Å². The number of carbonyl (C=O) groups excluding carboxylic acids is 2. The van der Waals surface area contributed by atoms with Crippen LogP contribution >= 0.6 is 0 Å². The number of Topliss-reactive ketones (excluding diaryl/α,β-unsaturated/α-hetero) is 1. The van der Waals surface area contributed by atoms with Gasteiger partial charge in [0.15, 0.2) is 18.2 Å². The van der Waals surface area contributed by atoms with Gasteiger partial charge in [-0.2, -0.15) is 0 Å². The Morgan fingerprint density at radius 2 is 2.04 bits per heavy atom. The molecule has 0 saturated carbocycles. The van der Waals surface area contributed by atoms with Gasteiger partial charge in [0.05, 0.1) is 6.61 Å². The van der Waals surface area contributed by atoms with Gasteiger partial charge in [0, 0.05) is 26.4 Å². The smallest absolute Gasteiger partial charge is 0.303 e. The molecule has 0 spiro atoms. The van der Waals surface area contributed by atoms with Gasteiger partial charge in [-0.3, -0.25) is 9.59 Å². The van der Waals surface area contributed by atoms with E-state index in [2.05, 4.69) is 13.8 Å². The number of allylic oxidation sites excluding steroid dienone is 1. The average molecular weight is 340 g/mol. The maximum Gasteiger partial charge on any atom is 0.303 e. The van der Waals surface area contributed by atoms with Crippen molar-refractivity contribution in [2.75, 3.05) is 13.2 Å². The number of ether oxygens (including phenoxy) is 3. The average Bonchev–Trinajstić information content (AvgIpc) is 3.02. The van der Waals surface area contributed by atoms with Gasteiger partial charge >= 0.3 is 5.97 Å². The third-order valence-corrected chi connectivity index (χ3v) is 4.16. The van der Waals surface area contributed by atoms with Crippen LogP contribution in [0.4, 0.5) is 0 Å². The quantitative estimate of drug-likeness (QED) is 0.423. The topological polar surface area (TPSA) is 61.8 Å². The molecule has 1 fully saturated rings. The van der Waals surface area contributed by atoms with Crippen LogP contribution < -0.4 is 0 Å². The summed E-state index contributed by atoms with van der Waals surface area (Å²) < 4.78 is 16.2.